The SMILES string of the molecule is CCOC(=O)C1CCCN1CCNC(C)=O. The van der Waals surface area contributed by atoms with Gasteiger partial charge in [0, 0.05) is 20.0 Å². The summed E-state index contributed by atoms with van der Waals surface area (Å²) in [6.45, 7) is 5.94. The maximum absolute atomic E-state index is 11.6. The normalized spacial score (nSPS) is 20.8. The van der Waals surface area contributed by atoms with E-state index >= 15 is 0 Å². The Morgan fingerprint density at radius 2 is 2.25 bits per heavy atom. The van der Waals surface area contributed by atoms with E-state index in [1.807, 2.05) is 6.92 Å². The average Bonchev–Trinajstić information content (AvgIpc) is 2.66. The first kappa shape index (κ1) is 13.0. The van der Waals surface area contributed by atoms with Crippen molar-refractivity contribution in [2.45, 2.75) is 32.7 Å². The second-order valence-corrected chi connectivity index (χ2v) is 3.93. The summed E-state index contributed by atoms with van der Waals surface area (Å²) in [5.74, 6) is -0.172. The molecule has 92 valence electrons. The van der Waals surface area contributed by atoms with Crippen molar-refractivity contribution in [2.24, 2.45) is 0 Å². The summed E-state index contributed by atoms with van der Waals surface area (Å²) in [4.78, 5) is 24.4. The maximum atomic E-state index is 11.6. The molecule has 1 aliphatic rings. The predicted molar refractivity (Wildman–Crippen MR) is 59.9 cm³/mol. The minimum atomic E-state index is -0.136. The van der Waals surface area contributed by atoms with Crippen LogP contribution in [0.5, 0.6) is 0 Å². The van der Waals surface area contributed by atoms with Crippen LogP contribution in [0, 0.1) is 0 Å². The first-order valence-corrected chi connectivity index (χ1v) is 5.80. The van der Waals surface area contributed by atoms with Gasteiger partial charge in [0.05, 0.1) is 6.61 Å². The average molecular weight is 228 g/mol. The topological polar surface area (TPSA) is 58.6 Å². The van der Waals surface area contributed by atoms with Crippen molar-refractivity contribution in [1.82, 2.24) is 10.2 Å². The zero-order chi connectivity index (χ0) is 12.0. The Morgan fingerprint density at radius 3 is 2.88 bits per heavy atom. The molecule has 1 unspecified atom stereocenters. The Hall–Kier alpha value is -1.10. The summed E-state index contributed by atoms with van der Waals surface area (Å²) in [5.41, 5.74) is 0. The molecule has 0 aromatic carbocycles. The predicted octanol–water partition coefficient (Wildman–Crippen LogP) is 0.150. The van der Waals surface area contributed by atoms with Gasteiger partial charge in [0.2, 0.25) is 5.91 Å². The lowest BCUT2D eigenvalue weighted by atomic mass is 10.2. The molecule has 1 fully saturated rings. The molecular weight excluding hydrogens is 208 g/mol. The van der Waals surface area contributed by atoms with Gasteiger partial charge in [-0.15, -0.1) is 0 Å². The minimum Gasteiger partial charge on any atom is -0.465 e. The number of nitrogens with zero attached hydrogens (tertiary/aromatic N) is 1. The summed E-state index contributed by atoms with van der Waals surface area (Å²) in [5, 5.41) is 2.73. The molecule has 1 atom stereocenters. The van der Waals surface area contributed by atoms with Crippen LogP contribution in [-0.4, -0.2) is 49.1 Å². The number of hydrogen-bond acceptors (Lipinski definition) is 4. The number of nitrogens with one attached hydrogen (secondary N) is 1. The molecule has 0 saturated carbocycles. The minimum absolute atomic E-state index is 0.0353. The van der Waals surface area contributed by atoms with Crippen LogP contribution in [0.2, 0.25) is 0 Å². The molecule has 1 aliphatic heterocycles. The van der Waals surface area contributed by atoms with E-state index < -0.39 is 0 Å². The van der Waals surface area contributed by atoms with Crippen molar-refractivity contribution in [3.63, 3.8) is 0 Å². The van der Waals surface area contributed by atoms with Gasteiger partial charge in [-0.2, -0.15) is 0 Å². The lowest BCUT2D eigenvalue weighted by Gasteiger charge is -2.22. The number of hydrogen-bond donors (Lipinski definition) is 1. The first-order valence-electron chi connectivity index (χ1n) is 5.80. The fourth-order valence-corrected chi connectivity index (χ4v) is 1.97. The number of carbonyl (C=O) groups is 2. The van der Waals surface area contributed by atoms with Crippen LogP contribution in [0.4, 0.5) is 0 Å². The van der Waals surface area contributed by atoms with E-state index in [9.17, 15) is 9.59 Å². The molecule has 0 aromatic heterocycles. The molecule has 0 aromatic rings. The zero-order valence-electron chi connectivity index (χ0n) is 9.99. The van der Waals surface area contributed by atoms with Gasteiger partial charge in [0.15, 0.2) is 0 Å². The molecular formula is C11H20N2O3. The van der Waals surface area contributed by atoms with E-state index in [2.05, 4.69) is 10.2 Å². The number of esters is 1. The second kappa shape index (κ2) is 6.48. The Kier molecular flexibility index (Phi) is 5.25. The monoisotopic (exact) mass is 228 g/mol. The highest BCUT2D eigenvalue weighted by Crippen LogP contribution is 2.17. The molecule has 1 N–H and O–H groups in total. The number of carbonyl (C=O) groups excluding carboxylic acids is 2. The molecule has 5 heteroatoms. The van der Waals surface area contributed by atoms with Gasteiger partial charge in [0.25, 0.3) is 0 Å². The van der Waals surface area contributed by atoms with Crippen LogP contribution in [-0.2, 0) is 14.3 Å². The largest absolute Gasteiger partial charge is 0.465 e. The van der Waals surface area contributed by atoms with E-state index in [1.54, 1.807) is 0 Å². The fourth-order valence-electron chi connectivity index (χ4n) is 1.97. The summed E-state index contributed by atoms with van der Waals surface area (Å²) < 4.78 is 5.02. The number of likely N-dealkylation sites (tertiary alicyclic amines) is 1. The standard InChI is InChI=1S/C11H20N2O3/c1-3-16-11(15)10-5-4-7-13(10)8-6-12-9(2)14/h10H,3-8H2,1-2H3,(H,12,14). The van der Waals surface area contributed by atoms with Gasteiger partial charge in [-0.1, -0.05) is 0 Å². The molecule has 16 heavy (non-hydrogen) atoms. The van der Waals surface area contributed by atoms with Crippen LogP contribution in [0.3, 0.4) is 0 Å². The highest BCUT2D eigenvalue weighted by molar-refractivity contribution is 5.76. The van der Waals surface area contributed by atoms with Crippen LogP contribution < -0.4 is 5.32 Å². The van der Waals surface area contributed by atoms with E-state index in [4.69, 9.17) is 4.74 Å². The van der Waals surface area contributed by atoms with Crippen LogP contribution in [0.25, 0.3) is 0 Å². The lowest BCUT2D eigenvalue weighted by Crippen LogP contribution is -2.41. The molecule has 1 amide bonds. The molecule has 0 bridgehead atoms. The molecule has 1 heterocycles. The fraction of sp³-hybridized carbons (Fsp3) is 0.818. The van der Waals surface area contributed by atoms with Crippen LogP contribution >= 0.6 is 0 Å². The van der Waals surface area contributed by atoms with Crippen molar-refractivity contribution in [3.8, 4) is 0 Å². The second-order valence-electron chi connectivity index (χ2n) is 3.93. The lowest BCUT2D eigenvalue weighted by molar-refractivity contribution is -0.148. The van der Waals surface area contributed by atoms with Crippen molar-refractivity contribution < 1.29 is 14.3 Å². The van der Waals surface area contributed by atoms with Crippen LogP contribution in [0.1, 0.15) is 26.7 Å². The third kappa shape index (κ3) is 3.81. The summed E-state index contributed by atoms with van der Waals surface area (Å²) in [6, 6.07) is -0.117. The van der Waals surface area contributed by atoms with E-state index in [0.717, 1.165) is 19.4 Å². The van der Waals surface area contributed by atoms with Crippen molar-refractivity contribution in [1.29, 1.82) is 0 Å². The summed E-state index contributed by atoms with van der Waals surface area (Å²) in [6.07, 6.45) is 1.88. The number of rotatable bonds is 5. The van der Waals surface area contributed by atoms with Gasteiger partial charge in [-0.05, 0) is 26.3 Å². The highest BCUT2D eigenvalue weighted by atomic mass is 16.5. The van der Waals surface area contributed by atoms with Gasteiger partial charge in [-0.3, -0.25) is 14.5 Å². The third-order valence-electron chi connectivity index (χ3n) is 2.70. The first-order chi connectivity index (χ1) is 7.65. The van der Waals surface area contributed by atoms with Crippen molar-refractivity contribution in [3.05, 3.63) is 0 Å². The molecule has 1 saturated heterocycles. The zero-order valence-corrected chi connectivity index (χ0v) is 9.99. The Bertz CT molecular complexity index is 256. The number of amides is 1. The number of ether oxygens (including phenoxy) is 1. The Labute approximate surface area is 96.1 Å². The van der Waals surface area contributed by atoms with Gasteiger partial charge < -0.3 is 10.1 Å². The quantitative estimate of drug-likeness (QED) is 0.680. The Morgan fingerprint density at radius 1 is 1.50 bits per heavy atom. The summed E-state index contributed by atoms with van der Waals surface area (Å²) in [7, 11) is 0. The van der Waals surface area contributed by atoms with E-state index in [0.29, 0.717) is 19.7 Å². The van der Waals surface area contributed by atoms with Crippen molar-refractivity contribution >= 4 is 11.9 Å². The van der Waals surface area contributed by atoms with Crippen LogP contribution in [0.15, 0.2) is 0 Å². The smallest absolute Gasteiger partial charge is 0.323 e. The maximum Gasteiger partial charge on any atom is 0.323 e. The van der Waals surface area contributed by atoms with Gasteiger partial charge in [-0.25, -0.2) is 0 Å². The molecule has 0 radical (unpaired) electrons. The van der Waals surface area contributed by atoms with Gasteiger partial charge in [0.1, 0.15) is 6.04 Å². The molecule has 1 rings (SSSR count). The Balaban J connectivity index is 2.34. The molecule has 5 nitrogen and oxygen atoms in total. The highest BCUT2D eigenvalue weighted by Gasteiger charge is 2.31. The van der Waals surface area contributed by atoms with E-state index in [1.165, 1.54) is 6.92 Å². The molecule has 0 spiro atoms. The van der Waals surface area contributed by atoms with Gasteiger partial charge >= 0.3 is 5.97 Å². The van der Waals surface area contributed by atoms with E-state index in [-0.39, 0.29) is 17.9 Å². The third-order valence-corrected chi connectivity index (χ3v) is 2.70. The molecule has 0 aliphatic carbocycles. The summed E-state index contributed by atoms with van der Waals surface area (Å²) >= 11 is 0. The van der Waals surface area contributed by atoms with Crippen molar-refractivity contribution in [2.75, 3.05) is 26.2 Å².